The average Bonchev–Trinajstić information content (AvgIpc) is 1.65. The lowest BCUT2D eigenvalue weighted by Gasteiger charge is -2.22. The Balaban J connectivity index is 0.000000183. The van der Waals surface area contributed by atoms with E-state index in [1.54, 1.807) is 13.8 Å². The van der Waals surface area contributed by atoms with Crippen molar-refractivity contribution in [1.29, 1.82) is 0 Å². The van der Waals surface area contributed by atoms with Crippen molar-refractivity contribution in [2.75, 3.05) is 0 Å². The van der Waals surface area contributed by atoms with Gasteiger partial charge in [0, 0.05) is 32.4 Å². The molecule has 0 saturated heterocycles. The molecule has 0 amide bonds. The molecule has 0 atom stereocenters. The van der Waals surface area contributed by atoms with Gasteiger partial charge in [0.1, 0.15) is 22.3 Å². The zero-order chi connectivity index (χ0) is 117. The van der Waals surface area contributed by atoms with Crippen LogP contribution in [0.2, 0.25) is 0 Å². The fourth-order valence-corrected chi connectivity index (χ4v) is 14.3. The third-order valence-corrected chi connectivity index (χ3v) is 19.0. The van der Waals surface area contributed by atoms with Crippen LogP contribution in [0.1, 0.15) is 125 Å². The van der Waals surface area contributed by atoms with Gasteiger partial charge in [-0.25, -0.2) is 0 Å². The average molecular weight is 1380 g/mol. The molecule has 18 aromatic carbocycles. The number of benzene rings is 18. The van der Waals surface area contributed by atoms with Gasteiger partial charge in [0.2, 0.25) is 0 Å². The van der Waals surface area contributed by atoms with Crippen molar-refractivity contribution in [3.63, 3.8) is 0 Å². The second-order valence-corrected chi connectivity index (χ2v) is 25.3. The predicted octanol–water partition coefficient (Wildman–Crippen LogP) is 28.7. The molecule has 20 aromatic rings. The fourth-order valence-electron chi connectivity index (χ4n) is 14.3. The maximum Gasteiger partial charge on any atom is 0.136 e. The van der Waals surface area contributed by atoms with Gasteiger partial charge in [0.25, 0.3) is 0 Å². The maximum atomic E-state index is 9.92. The van der Waals surface area contributed by atoms with Crippen LogP contribution in [0.25, 0.3) is 198 Å². The molecule has 0 bridgehead atoms. The topological polar surface area (TPSA) is 26.3 Å². The summed E-state index contributed by atoms with van der Waals surface area (Å²) in [6.07, 6.45) is 0. The monoisotopic (exact) mass is 1380 g/mol. The molecule has 22 rings (SSSR count). The Morgan fingerprint density at radius 3 is 1.08 bits per heavy atom. The molecule has 2 heterocycles. The molecule has 488 valence electrons. The second-order valence-electron chi connectivity index (χ2n) is 25.3. The summed E-state index contributed by atoms with van der Waals surface area (Å²) in [6, 6.07) is -44.7. The van der Waals surface area contributed by atoms with Crippen LogP contribution in [0.15, 0.2) is 347 Å². The number of hydrogen-bond donors (Lipinski definition) is 0. The highest BCUT2D eigenvalue weighted by atomic mass is 16.3. The molecule has 2 aromatic heterocycles. The summed E-state index contributed by atoms with van der Waals surface area (Å²) >= 11 is 0. The van der Waals surface area contributed by atoms with Crippen LogP contribution >= 0.6 is 0 Å². The van der Waals surface area contributed by atoms with E-state index >= 15 is 0 Å². The molecule has 0 fully saturated rings. The Morgan fingerprint density at radius 1 is 0.212 bits per heavy atom. The van der Waals surface area contributed by atoms with Crippen LogP contribution < -0.4 is 0 Å². The van der Waals surface area contributed by atoms with Crippen LogP contribution in [0, 0.1) is 0 Å². The largest absolute Gasteiger partial charge is 0.456 e. The van der Waals surface area contributed by atoms with Crippen molar-refractivity contribution < 1.29 is 84.2 Å². The molecule has 0 saturated carbocycles. The van der Waals surface area contributed by atoms with E-state index in [1.807, 2.05) is 0 Å². The molecule has 2 aliphatic carbocycles. The third-order valence-electron chi connectivity index (χ3n) is 19.0. The number of furan rings is 2. The summed E-state index contributed by atoms with van der Waals surface area (Å²) in [6.45, 7) is 6.21. The molecular weight excluding hydrogens is 1260 g/mol. The van der Waals surface area contributed by atoms with E-state index in [9.17, 15) is 37.0 Å². The van der Waals surface area contributed by atoms with E-state index in [1.165, 1.54) is 13.8 Å². The highest BCUT2D eigenvalue weighted by Crippen LogP contribution is 2.56. The standard InChI is InChI=1S/2C51H34O/c1-51(2)43-20-10-9-18-40(43)49-41(19-11-21-44(49)51)48-38-16-7-5-14-36(38)47(37-15-6-8-17-39(37)48)33-24-22-31(23-25-33)34-27-28-45-42(30-34)50-35-13-4-3-12-32(35)26-29-46(50)52-45;1-51(2)44-18-10-9-13-37(44)42-30-35(23-26-45(42)51)49-40-16-7-5-14-38(40)48(39-15-6-8-17-41(39)49)33-21-19-31(20-22-33)34-25-27-46-43(29-34)50-36-12-4-3-11-32(36)24-28-47(50)52-46/h2*3-30H,1-2H3/i3D,4D,5D,6D,7D,8D,9D,11D,12D,13D,14D,15D,16D,17D,18D,19D,20D,21D,22D,23D,24D,25D,26D,27D,28D,29D,30D;3D,4D,5D,6D,7D,8D,9D,10D,11D,12D,13D,14D,15D,16D,17D,18D,19D,20D,21D,22D,23D,24D,25D,26D,27D,28D,29D,30D. The van der Waals surface area contributed by atoms with Gasteiger partial charge in [0.05, 0.1) is 75.4 Å². The first-order chi connectivity index (χ1) is 74.0. The molecule has 2 aliphatic rings. The van der Waals surface area contributed by atoms with Gasteiger partial charge >= 0.3 is 0 Å². The highest BCUT2D eigenvalue weighted by molar-refractivity contribution is 6.25. The first-order valence-corrected chi connectivity index (χ1v) is 31.9. The first-order valence-electron chi connectivity index (χ1n) is 59.4. The molecule has 0 spiro atoms. The van der Waals surface area contributed by atoms with E-state index in [-0.39, 0.29) is 61.3 Å². The van der Waals surface area contributed by atoms with Crippen LogP contribution in [0.4, 0.5) is 0 Å². The molecule has 0 unspecified atom stereocenters. The zero-order valence-electron chi connectivity index (χ0n) is 109. The van der Waals surface area contributed by atoms with Crippen LogP contribution in [-0.4, -0.2) is 0 Å². The Hall–Kier alpha value is -12.9. The number of hydrogen-bond acceptors (Lipinski definition) is 2. The Bertz CT molecular complexity index is 10300. The lowest BCUT2D eigenvalue weighted by molar-refractivity contribution is 0.660. The van der Waals surface area contributed by atoms with Crippen molar-refractivity contribution in [3.8, 4) is 89.0 Å². The Kier molecular flexibility index (Phi) is 5.88. The maximum absolute atomic E-state index is 9.92. The van der Waals surface area contributed by atoms with E-state index in [0.29, 0.717) is 0 Å². The van der Waals surface area contributed by atoms with Gasteiger partial charge in [-0.1, -0.05) is 324 Å². The smallest absolute Gasteiger partial charge is 0.136 e. The van der Waals surface area contributed by atoms with Gasteiger partial charge in [-0.2, -0.15) is 0 Å². The molecule has 0 radical (unpaired) electrons. The Morgan fingerprint density at radius 2 is 0.567 bits per heavy atom. The molecule has 2 nitrogen and oxygen atoms in total. The minimum Gasteiger partial charge on any atom is -0.456 e. The highest BCUT2D eigenvalue weighted by Gasteiger charge is 2.38. The van der Waals surface area contributed by atoms with E-state index in [2.05, 4.69) is 0 Å². The van der Waals surface area contributed by atoms with Crippen LogP contribution in [0.3, 0.4) is 0 Å². The van der Waals surface area contributed by atoms with Crippen molar-refractivity contribution in [2.24, 2.45) is 0 Å². The zero-order valence-corrected chi connectivity index (χ0v) is 53.9. The van der Waals surface area contributed by atoms with Crippen LogP contribution in [-0.2, 0) is 10.8 Å². The summed E-state index contributed by atoms with van der Waals surface area (Å²) < 4.78 is 515. The minimum atomic E-state index is -1.46. The molecule has 0 aliphatic heterocycles. The molecule has 2 heteroatoms. The Labute approximate surface area is 680 Å². The summed E-state index contributed by atoms with van der Waals surface area (Å²) in [7, 11) is 0. The lowest BCUT2D eigenvalue weighted by Crippen LogP contribution is -2.14. The van der Waals surface area contributed by atoms with Crippen molar-refractivity contribution >= 4 is 109 Å². The summed E-state index contributed by atoms with van der Waals surface area (Å²) in [5.41, 5.74) is -14.6. The van der Waals surface area contributed by atoms with Crippen molar-refractivity contribution in [3.05, 3.63) is 361 Å². The van der Waals surface area contributed by atoms with Crippen molar-refractivity contribution in [2.45, 2.75) is 38.5 Å². The number of rotatable bonds is 6. The molecule has 0 N–H and O–H groups in total. The minimum absolute atomic E-state index is 0.0288. The summed E-state index contributed by atoms with van der Waals surface area (Å²) in [5, 5.41) is -8.76. The predicted molar refractivity (Wildman–Crippen MR) is 440 cm³/mol. The normalized spacial score (nSPS) is 20.8. The molecular formula is C102H68O2. The quantitative estimate of drug-likeness (QED) is 0.155. The fraction of sp³-hybridized carbons (Fsp3) is 0.0588. The van der Waals surface area contributed by atoms with Crippen LogP contribution in [0.5, 0.6) is 0 Å². The molecule has 104 heavy (non-hydrogen) atoms. The van der Waals surface area contributed by atoms with Gasteiger partial charge in [-0.15, -0.1) is 0 Å². The first kappa shape index (κ1) is 26.8. The third kappa shape index (κ3) is 8.95. The van der Waals surface area contributed by atoms with Gasteiger partial charge in [-0.05, 0) is 218 Å². The number of fused-ring (bicyclic) bond motifs is 20. The van der Waals surface area contributed by atoms with Gasteiger partial charge < -0.3 is 8.83 Å². The summed E-state index contributed by atoms with van der Waals surface area (Å²) in [5.74, 6) is 0. The van der Waals surface area contributed by atoms with E-state index < -0.39 is 502 Å². The van der Waals surface area contributed by atoms with Gasteiger partial charge in [-0.3, -0.25) is 0 Å². The van der Waals surface area contributed by atoms with Gasteiger partial charge in [0.15, 0.2) is 0 Å². The lowest BCUT2D eigenvalue weighted by atomic mass is 9.80. The second kappa shape index (κ2) is 22.8. The SMILES string of the molecule is [2H]c1c([2H])c([2H])c2c(c1[2H])-c1c([2H])c(-c3c4c([2H])c([2H])c([2H])c([2H])c4c(-c4c([2H])c([2H])c(-c5c([2H])c([2H])c6oc7c([2H])c([2H])c8c([2H])c([2H])c([2H])c([2H])c8c7c6c5[2H])c([2H])c4[2H])c4c([2H])c([2H])c([2H])c([2H])c34)c([2H])c([2H])c1C2(C)C.[2H]c1cc([2H])c2c(c1[2H])-c1c(-c3c4c([2H])c([2H])c([2H])c([2H])c4c(-c4c([2H])c([2H])c(-c5c([2H])c([2H])c6oc7c([2H])c([2H])c8c([2H])c([2H])c([2H])c([2H])c8c7c6c5[2H])c([2H])c4[2H])c4c([2H])c([2H])c([2H])c([2H])c34)c([2H])c([2H])c([2H])c1C2(C)C. The van der Waals surface area contributed by atoms with E-state index in [4.69, 9.17) is 47.2 Å². The van der Waals surface area contributed by atoms with Crippen molar-refractivity contribution in [1.82, 2.24) is 0 Å². The summed E-state index contributed by atoms with van der Waals surface area (Å²) in [4.78, 5) is 0. The van der Waals surface area contributed by atoms with E-state index in [0.717, 1.165) is 6.07 Å².